The number of benzene rings is 10. The van der Waals surface area contributed by atoms with Gasteiger partial charge in [-0.05, 0) is 132 Å². The van der Waals surface area contributed by atoms with Gasteiger partial charge < -0.3 is 22.7 Å². The number of hydrogen-bond acceptors (Lipinski definition) is 1. The van der Waals surface area contributed by atoms with E-state index in [0.717, 1.165) is 94.1 Å². The molecule has 14 aromatic rings. The molecule has 0 aliphatic rings. The molecule has 5 nitrogen and oxygen atoms in total. The Bertz CT molecular complexity index is 4290. The molecule has 4 aromatic heterocycles. The van der Waals surface area contributed by atoms with Gasteiger partial charge in [0, 0.05) is 83.2 Å². The molecule has 0 fully saturated rings. The second-order valence-corrected chi connectivity index (χ2v) is 17.0. The monoisotopic (exact) mass is 830 g/mol. The zero-order valence-corrected chi connectivity index (χ0v) is 35.1. The van der Waals surface area contributed by atoms with E-state index < -0.39 is 0 Å². The lowest BCUT2D eigenvalue weighted by Gasteiger charge is -2.14. The summed E-state index contributed by atoms with van der Waals surface area (Å²) in [5.74, 6) is 0. The van der Waals surface area contributed by atoms with Crippen LogP contribution in [0.1, 0.15) is 0 Å². The predicted octanol–water partition coefficient (Wildman–Crippen LogP) is 15.9. The third-order valence-electron chi connectivity index (χ3n) is 13.4. The first-order chi connectivity index (χ1) is 32.2. The van der Waals surface area contributed by atoms with Crippen molar-refractivity contribution in [1.82, 2.24) is 18.3 Å². The topological polar surface area (TPSA) is 32.9 Å². The van der Waals surface area contributed by atoms with Crippen molar-refractivity contribution in [3.8, 4) is 22.7 Å². The van der Waals surface area contributed by atoms with E-state index in [9.17, 15) is 0 Å². The van der Waals surface area contributed by atoms with Crippen molar-refractivity contribution in [3.05, 3.63) is 231 Å². The molecule has 4 heterocycles. The highest BCUT2D eigenvalue weighted by Crippen LogP contribution is 2.38. The van der Waals surface area contributed by atoms with E-state index in [0.29, 0.717) is 0 Å². The van der Waals surface area contributed by atoms with Gasteiger partial charge in [0.2, 0.25) is 0 Å². The van der Waals surface area contributed by atoms with Crippen LogP contribution < -0.4 is 0 Å². The van der Waals surface area contributed by atoms with E-state index in [2.05, 4.69) is 237 Å². The minimum Gasteiger partial charge on any atom is -0.456 e. The fourth-order valence-corrected chi connectivity index (χ4v) is 10.5. The standard InChI is InChI=1S/C60H38N4O/c1-3-15-41(16-4-1)63-56-31-27-45-35-53(56)54-36-46(28-32-57(54)63)62(48-26-30-52-51-22-8-10-24-59(51)65-60(52)38-48)44-20-12-14-40(34-44)39-13-11-19-43(33-39)61(45)47-25-29-50-49-21-7-9-23-55(49)64(58(50)37-47)42-17-5-2-6-18-42/h1-38H. The quantitative estimate of drug-likeness (QED) is 0.174. The first-order valence-electron chi connectivity index (χ1n) is 22.2. The van der Waals surface area contributed by atoms with Crippen molar-refractivity contribution >= 4 is 98.4 Å². The summed E-state index contributed by atoms with van der Waals surface area (Å²) in [6.45, 7) is 0. The Labute approximate surface area is 372 Å². The summed E-state index contributed by atoms with van der Waals surface area (Å²) in [6.07, 6.45) is 0. The SMILES string of the molecule is c1ccc(-n2c3ccc4cc3c3cc(ccc32)n(-c2ccc3c5ccccc5n(-c5ccccc5)c3c2)c2cccc(c2)c2cccc(c2)n4-c2ccc3c(c2)oc2ccccc23)cc1. The Morgan fingerprint density at radius 2 is 0.708 bits per heavy atom. The van der Waals surface area contributed by atoms with E-state index in [1.165, 1.54) is 27.1 Å². The van der Waals surface area contributed by atoms with Crippen LogP contribution in [0.2, 0.25) is 0 Å². The maximum atomic E-state index is 6.49. The molecule has 0 unspecified atom stereocenters. The third-order valence-corrected chi connectivity index (χ3v) is 13.4. The molecule has 65 heavy (non-hydrogen) atoms. The summed E-state index contributed by atoms with van der Waals surface area (Å²) in [7, 11) is 0. The Morgan fingerprint density at radius 1 is 0.231 bits per heavy atom. The minimum atomic E-state index is 0.862. The van der Waals surface area contributed by atoms with Crippen molar-refractivity contribution < 1.29 is 4.42 Å². The first-order valence-corrected chi connectivity index (χ1v) is 22.2. The van der Waals surface area contributed by atoms with Gasteiger partial charge in [0.15, 0.2) is 0 Å². The van der Waals surface area contributed by atoms with Gasteiger partial charge >= 0.3 is 0 Å². The molecule has 8 bridgehead atoms. The van der Waals surface area contributed by atoms with Crippen molar-refractivity contribution in [2.24, 2.45) is 0 Å². The molecular weight excluding hydrogens is 793 g/mol. The zero-order valence-electron chi connectivity index (χ0n) is 35.1. The Hall–Kier alpha value is -8.80. The molecule has 0 aliphatic carbocycles. The number of hydrogen-bond donors (Lipinski definition) is 0. The molecule has 0 radical (unpaired) electrons. The Balaban J connectivity index is 1.13. The van der Waals surface area contributed by atoms with Gasteiger partial charge in [-0.2, -0.15) is 0 Å². The molecule has 0 amide bonds. The van der Waals surface area contributed by atoms with Gasteiger partial charge in [-0.15, -0.1) is 0 Å². The second kappa shape index (κ2) is 13.9. The molecule has 0 saturated carbocycles. The summed E-state index contributed by atoms with van der Waals surface area (Å²) >= 11 is 0. The lowest BCUT2D eigenvalue weighted by atomic mass is 10.1. The van der Waals surface area contributed by atoms with Gasteiger partial charge in [-0.3, -0.25) is 0 Å². The molecule has 14 rings (SSSR count). The fraction of sp³-hybridized carbons (Fsp3) is 0. The average molecular weight is 831 g/mol. The van der Waals surface area contributed by atoms with Crippen LogP contribution >= 0.6 is 0 Å². The molecule has 0 atom stereocenters. The maximum absolute atomic E-state index is 6.49. The minimum absolute atomic E-state index is 0.862. The van der Waals surface area contributed by atoms with E-state index >= 15 is 0 Å². The molecule has 0 aliphatic heterocycles. The van der Waals surface area contributed by atoms with Crippen LogP contribution in [-0.4, -0.2) is 18.3 Å². The maximum Gasteiger partial charge on any atom is 0.137 e. The van der Waals surface area contributed by atoms with E-state index in [1.54, 1.807) is 0 Å². The van der Waals surface area contributed by atoms with E-state index in [1.807, 2.05) is 12.1 Å². The summed E-state index contributed by atoms with van der Waals surface area (Å²) in [6, 6.07) is 83.8. The average Bonchev–Trinajstić information content (AvgIpc) is 4.01. The number of aromatic nitrogens is 4. The molecule has 0 spiro atoms. The molecule has 5 heteroatoms. The van der Waals surface area contributed by atoms with Crippen LogP contribution in [0.5, 0.6) is 0 Å². The molecule has 304 valence electrons. The predicted molar refractivity (Wildman–Crippen MR) is 271 cm³/mol. The molecule has 10 aromatic carbocycles. The second-order valence-electron chi connectivity index (χ2n) is 17.0. The van der Waals surface area contributed by atoms with Crippen molar-refractivity contribution in [2.45, 2.75) is 0 Å². The fourth-order valence-electron chi connectivity index (χ4n) is 10.5. The lowest BCUT2D eigenvalue weighted by molar-refractivity contribution is 0.668. The lowest BCUT2D eigenvalue weighted by Crippen LogP contribution is -1.99. The number of rotatable bonds is 4. The number of nitrogens with zero attached hydrogens (tertiary/aromatic N) is 4. The molecule has 0 N–H and O–H groups in total. The van der Waals surface area contributed by atoms with Crippen LogP contribution in [0.15, 0.2) is 235 Å². The zero-order chi connectivity index (χ0) is 42.6. The first kappa shape index (κ1) is 35.8. The van der Waals surface area contributed by atoms with Crippen LogP contribution in [0, 0.1) is 0 Å². The summed E-state index contributed by atoms with van der Waals surface area (Å²) in [5.41, 5.74) is 15.0. The van der Waals surface area contributed by atoms with Gasteiger partial charge in [-0.25, -0.2) is 0 Å². The van der Waals surface area contributed by atoms with Crippen molar-refractivity contribution in [3.63, 3.8) is 0 Å². The van der Waals surface area contributed by atoms with Crippen molar-refractivity contribution in [2.75, 3.05) is 0 Å². The van der Waals surface area contributed by atoms with Crippen LogP contribution in [0.4, 0.5) is 0 Å². The number of para-hydroxylation sites is 4. The Morgan fingerprint density at radius 3 is 1.35 bits per heavy atom. The van der Waals surface area contributed by atoms with Crippen LogP contribution in [-0.2, 0) is 0 Å². The van der Waals surface area contributed by atoms with E-state index in [-0.39, 0.29) is 0 Å². The van der Waals surface area contributed by atoms with Gasteiger partial charge in [0.25, 0.3) is 0 Å². The van der Waals surface area contributed by atoms with Crippen LogP contribution in [0.3, 0.4) is 0 Å². The van der Waals surface area contributed by atoms with E-state index in [4.69, 9.17) is 4.42 Å². The van der Waals surface area contributed by atoms with Crippen molar-refractivity contribution in [1.29, 1.82) is 0 Å². The molecule has 0 saturated heterocycles. The number of fused-ring (bicyclic) bond motifs is 13. The third kappa shape index (κ3) is 5.46. The summed E-state index contributed by atoms with van der Waals surface area (Å²) in [5, 5.41) is 9.28. The van der Waals surface area contributed by atoms with Gasteiger partial charge in [-0.1, -0.05) is 103 Å². The summed E-state index contributed by atoms with van der Waals surface area (Å²) < 4.78 is 16.1. The highest BCUT2D eigenvalue weighted by Gasteiger charge is 2.18. The largest absolute Gasteiger partial charge is 0.456 e. The smallest absolute Gasteiger partial charge is 0.137 e. The highest BCUT2D eigenvalue weighted by atomic mass is 16.3. The number of furan rings is 1. The highest BCUT2D eigenvalue weighted by molar-refractivity contribution is 6.13. The Kier molecular flexibility index (Phi) is 7.62. The van der Waals surface area contributed by atoms with Gasteiger partial charge in [0.1, 0.15) is 11.2 Å². The molecular formula is C60H38N4O. The summed E-state index contributed by atoms with van der Waals surface area (Å²) in [4.78, 5) is 0. The van der Waals surface area contributed by atoms with Crippen LogP contribution in [0.25, 0.3) is 121 Å². The van der Waals surface area contributed by atoms with Gasteiger partial charge in [0.05, 0.1) is 22.1 Å². The normalized spacial score (nSPS) is 12.0.